The number of nitrogens with two attached hydrogens (primary N) is 1. The largest absolute Gasteiger partial charge is 0.465 e. The molecular weight excluding hydrogens is 252 g/mol. The van der Waals surface area contributed by atoms with Crippen molar-refractivity contribution in [3.05, 3.63) is 16.3 Å². The molecule has 0 aliphatic rings. The fourth-order valence-corrected chi connectivity index (χ4v) is 2.26. The van der Waals surface area contributed by atoms with Gasteiger partial charge in [0.2, 0.25) is 5.91 Å². The molecule has 1 aromatic heterocycles. The second-order valence-corrected chi connectivity index (χ2v) is 5.30. The lowest BCUT2D eigenvalue weighted by molar-refractivity contribution is -0.117. The highest BCUT2D eigenvalue weighted by Crippen LogP contribution is 2.23. The van der Waals surface area contributed by atoms with E-state index in [1.54, 1.807) is 11.4 Å². The Balaban J connectivity index is 2.70. The Kier molecular flexibility index (Phi) is 5.30. The minimum Gasteiger partial charge on any atom is -0.465 e. The maximum Gasteiger partial charge on any atom is 0.350 e. The van der Waals surface area contributed by atoms with Crippen LogP contribution in [0.25, 0.3) is 0 Å². The van der Waals surface area contributed by atoms with Crippen LogP contribution in [-0.2, 0) is 9.53 Å². The Hall–Kier alpha value is -1.40. The van der Waals surface area contributed by atoms with Gasteiger partial charge in [-0.2, -0.15) is 0 Å². The molecule has 1 rings (SSSR count). The summed E-state index contributed by atoms with van der Waals surface area (Å²) in [6.07, 6.45) is 0.601. The van der Waals surface area contributed by atoms with Crippen molar-refractivity contribution in [2.75, 3.05) is 12.4 Å². The van der Waals surface area contributed by atoms with Crippen LogP contribution < -0.4 is 11.1 Å². The first kappa shape index (κ1) is 14.7. The first-order valence-corrected chi connectivity index (χ1v) is 6.56. The summed E-state index contributed by atoms with van der Waals surface area (Å²) in [6, 6.07) is 1.09. The van der Waals surface area contributed by atoms with Gasteiger partial charge in [-0.3, -0.25) is 4.79 Å². The summed E-state index contributed by atoms with van der Waals surface area (Å²) in [5.74, 6) is -0.404. The van der Waals surface area contributed by atoms with E-state index >= 15 is 0 Å². The van der Waals surface area contributed by atoms with Crippen LogP contribution in [0.5, 0.6) is 0 Å². The molecule has 100 valence electrons. The van der Waals surface area contributed by atoms with Crippen LogP contribution in [-0.4, -0.2) is 25.0 Å². The number of ether oxygens (including phenoxy) is 1. The molecule has 0 aliphatic heterocycles. The molecule has 0 unspecified atom stereocenters. The van der Waals surface area contributed by atoms with Crippen molar-refractivity contribution in [3.8, 4) is 0 Å². The minimum atomic E-state index is -0.574. The number of hydrogen-bond donors (Lipinski definition) is 2. The second-order valence-electron chi connectivity index (χ2n) is 4.38. The van der Waals surface area contributed by atoms with Crippen molar-refractivity contribution >= 4 is 28.9 Å². The number of anilines is 1. The molecule has 5 nitrogen and oxygen atoms in total. The van der Waals surface area contributed by atoms with Crippen molar-refractivity contribution in [1.29, 1.82) is 0 Å². The number of nitrogens with one attached hydrogen (secondary N) is 1. The number of thiophene rings is 1. The molecule has 0 aliphatic carbocycles. The van der Waals surface area contributed by atoms with E-state index in [4.69, 9.17) is 5.73 Å². The second kappa shape index (κ2) is 6.51. The van der Waals surface area contributed by atoms with Gasteiger partial charge in [0.05, 0.1) is 18.8 Å². The molecule has 18 heavy (non-hydrogen) atoms. The maximum absolute atomic E-state index is 11.8. The highest BCUT2D eigenvalue weighted by molar-refractivity contribution is 7.12. The van der Waals surface area contributed by atoms with E-state index in [2.05, 4.69) is 10.1 Å². The molecule has 0 saturated carbocycles. The molecule has 1 heterocycles. The molecule has 0 aromatic carbocycles. The lowest BCUT2D eigenvalue weighted by Crippen LogP contribution is -2.36. The number of methoxy groups -OCH3 is 1. The van der Waals surface area contributed by atoms with Crippen molar-refractivity contribution in [1.82, 2.24) is 0 Å². The first-order chi connectivity index (χ1) is 8.45. The number of hydrogen-bond acceptors (Lipinski definition) is 5. The van der Waals surface area contributed by atoms with Crippen molar-refractivity contribution in [2.24, 2.45) is 11.7 Å². The fraction of sp³-hybridized carbons (Fsp3) is 0.500. The topological polar surface area (TPSA) is 81.4 Å². The van der Waals surface area contributed by atoms with E-state index in [0.717, 1.165) is 0 Å². The number of amides is 1. The van der Waals surface area contributed by atoms with E-state index in [1.807, 2.05) is 13.8 Å². The van der Waals surface area contributed by atoms with E-state index in [-0.39, 0.29) is 5.91 Å². The third-order valence-corrected chi connectivity index (χ3v) is 3.25. The predicted molar refractivity (Wildman–Crippen MR) is 71.7 cm³/mol. The van der Waals surface area contributed by atoms with Crippen LogP contribution in [0.4, 0.5) is 5.69 Å². The Morgan fingerprint density at radius 1 is 1.50 bits per heavy atom. The Bertz CT molecular complexity index is 429. The molecule has 3 N–H and O–H groups in total. The summed E-state index contributed by atoms with van der Waals surface area (Å²) in [5.41, 5.74) is 6.22. The quantitative estimate of drug-likeness (QED) is 0.800. The van der Waals surface area contributed by atoms with Crippen LogP contribution in [0.3, 0.4) is 0 Å². The molecule has 1 atom stereocenters. The van der Waals surface area contributed by atoms with Gasteiger partial charge in [0, 0.05) is 0 Å². The SMILES string of the molecule is COC(=O)c1sccc1NC(=O)[C@H](N)CC(C)C. The normalized spacial score (nSPS) is 12.3. The maximum atomic E-state index is 11.8. The summed E-state index contributed by atoms with van der Waals surface area (Å²) >= 11 is 1.22. The highest BCUT2D eigenvalue weighted by atomic mass is 32.1. The van der Waals surface area contributed by atoms with Crippen molar-refractivity contribution in [3.63, 3.8) is 0 Å². The van der Waals surface area contributed by atoms with Gasteiger partial charge in [-0.1, -0.05) is 13.8 Å². The Morgan fingerprint density at radius 3 is 2.72 bits per heavy atom. The van der Waals surface area contributed by atoms with Gasteiger partial charge in [0.25, 0.3) is 0 Å². The zero-order valence-corrected chi connectivity index (χ0v) is 11.5. The van der Waals surface area contributed by atoms with Crippen molar-refractivity contribution < 1.29 is 14.3 Å². The van der Waals surface area contributed by atoms with Crippen LogP contribution in [0.2, 0.25) is 0 Å². The van der Waals surface area contributed by atoms with Gasteiger partial charge in [-0.25, -0.2) is 4.79 Å². The monoisotopic (exact) mass is 270 g/mol. The highest BCUT2D eigenvalue weighted by Gasteiger charge is 2.19. The van der Waals surface area contributed by atoms with Crippen molar-refractivity contribution in [2.45, 2.75) is 26.3 Å². The Morgan fingerprint density at radius 2 is 2.17 bits per heavy atom. The van der Waals surface area contributed by atoms with Gasteiger partial charge in [0.15, 0.2) is 0 Å². The van der Waals surface area contributed by atoms with E-state index in [0.29, 0.717) is 22.9 Å². The standard InChI is InChI=1S/C12H18N2O3S/c1-7(2)6-8(13)11(15)14-9-4-5-18-10(9)12(16)17-3/h4-5,7-8H,6,13H2,1-3H3,(H,14,15)/t8-/m1/s1. The van der Waals surface area contributed by atoms with Crippen LogP contribution in [0, 0.1) is 5.92 Å². The molecule has 6 heteroatoms. The molecule has 0 bridgehead atoms. The summed E-state index contributed by atoms with van der Waals surface area (Å²) in [6.45, 7) is 4.00. The fourth-order valence-electron chi connectivity index (χ4n) is 1.50. The average molecular weight is 270 g/mol. The number of carbonyl (C=O) groups is 2. The predicted octanol–water partition coefficient (Wildman–Crippen LogP) is 1.85. The van der Waals surface area contributed by atoms with Crippen LogP contribution >= 0.6 is 11.3 Å². The van der Waals surface area contributed by atoms with Crippen LogP contribution in [0.1, 0.15) is 29.9 Å². The van der Waals surface area contributed by atoms with Gasteiger partial charge in [-0.15, -0.1) is 11.3 Å². The smallest absolute Gasteiger partial charge is 0.350 e. The molecule has 0 saturated heterocycles. The summed E-state index contributed by atoms with van der Waals surface area (Å²) in [5, 5.41) is 4.37. The van der Waals surface area contributed by atoms with Crippen LogP contribution in [0.15, 0.2) is 11.4 Å². The summed E-state index contributed by atoms with van der Waals surface area (Å²) in [4.78, 5) is 23.6. The lowest BCUT2D eigenvalue weighted by Gasteiger charge is -2.14. The molecule has 0 radical (unpaired) electrons. The van der Waals surface area contributed by atoms with Gasteiger partial charge >= 0.3 is 5.97 Å². The van der Waals surface area contributed by atoms with Gasteiger partial charge < -0.3 is 15.8 Å². The lowest BCUT2D eigenvalue weighted by atomic mass is 10.0. The minimum absolute atomic E-state index is 0.285. The molecule has 1 aromatic rings. The molecular formula is C12H18N2O3S. The number of rotatable bonds is 5. The molecule has 0 fully saturated rings. The van der Waals surface area contributed by atoms with E-state index in [1.165, 1.54) is 18.4 Å². The number of carbonyl (C=O) groups excluding carboxylic acids is 2. The summed E-state index contributed by atoms with van der Waals surface area (Å²) < 4.78 is 4.63. The molecule has 1 amide bonds. The van der Waals surface area contributed by atoms with E-state index < -0.39 is 12.0 Å². The third-order valence-electron chi connectivity index (χ3n) is 2.36. The van der Waals surface area contributed by atoms with Gasteiger partial charge in [-0.05, 0) is 23.8 Å². The zero-order valence-electron chi connectivity index (χ0n) is 10.7. The molecule has 0 spiro atoms. The summed E-state index contributed by atoms with van der Waals surface area (Å²) in [7, 11) is 1.30. The third kappa shape index (κ3) is 3.82. The average Bonchev–Trinajstić information content (AvgIpc) is 2.75. The number of esters is 1. The zero-order chi connectivity index (χ0) is 13.7. The first-order valence-electron chi connectivity index (χ1n) is 5.68. The Labute approximate surface area is 110 Å². The van der Waals surface area contributed by atoms with Gasteiger partial charge in [0.1, 0.15) is 4.88 Å². The van der Waals surface area contributed by atoms with E-state index in [9.17, 15) is 9.59 Å².